The van der Waals surface area contributed by atoms with Crippen molar-refractivity contribution in [3.05, 3.63) is 122 Å². The average Bonchev–Trinajstić information content (AvgIpc) is 3.01. The maximum atomic E-state index is 14.2. The minimum Gasteiger partial charge on any atom is -0.353 e. The van der Waals surface area contributed by atoms with Crippen molar-refractivity contribution in [1.29, 1.82) is 0 Å². The standard InChI is InChI=1S/C29H29F2N3O2/c1-19-4-10-25(11-5-19)32-28(18-34(35)36)33-14-2-3-22(17-33)29-26-12-8-23(30)15-20(26)6-7-21-16-24(31)9-13-27(21)29/h4-5,8-13,15-16,18,22,29,32H,2-3,6-7,14,17H2,1H3. The number of likely N-dealkylation sites (tertiary alicyclic amines) is 1. The maximum absolute atomic E-state index is 14.2. The van der Waals surface area contributed by atoms with E-state index >= 15 is 0 Å². The Morgan fingerprint density at radius 2 is 1.61 bits per heavy atom. The van der Waals surface area contributed by atoms with E-state index in [1.165, 1.54) is 12.1 Å². The van der Waals surface area contributed by atoms with Gasteiger partial charge in [-0.3, -0.25) is 10.1 Å². The minimum atomic E-state index is -0.429. The molecule has 7 heteroatoms. The van der Waals surface area contributed by atoms with E-state index in [-0.39, 0.29) is 23.5 Å². The summed E-state index contributed by atoms with van der Waals surface area (Å²) in [6, 6.07) is 17.7. The molecule has 2 aliphatic rings. The number of piperidine rings is 1. The quantitative estimate of drug-likeness (QED) is 0.333. The number of nitrogens with zero attached hydrogens (tertiary/aromatic N) is 2. The summed E-state index contributed by atoms with van der Waals surface area (Å²) in [6.07, 6.45) is 4.11. The SMILES string of the molecule is Cc1ccc(NC(=C[N+](=O)[O-])N2CCCC(C3c4ccc(F)cc4CCc4cc(F)ccc43)C2)cc1. The van der Waals surface area contributed by atoms with Crippen molar-refractivity contribution in [3.63, 3.8) is 0 Å². The van der Waals surface area contributed by atoms with Crippen LogP contribution in [0, 0.1) is 34.6 Å². The van der Waals surface area contributed by atoms with Crippen LogP contribution >= 0.6 is 0 Å². The molecule has 5 nitrogen and oxygen atoms in total. The monoisotopic (exact) mass is 489 g/mol. The first kappa shape index (κ1) is 24.0. The molecule has 1 unspecified atom stereocenters. The fourth-order valence-electron chi connectivity index (χ4n) is 5.71. The van der Waals surface area contributed by atoms with E-state index in [1.807, 2.05) is 48.2 Å². The van der Waals surface area contributed by atoms with E-state index in [0.29, 0.717) is 31.8 Å². The first-order valence-electron chi connectivity index (χ1n) is 12.4. The predicted octanol–water partition coefficient (Wildman–Crippen LogP) is 6.40. The molecule has 0 radical (unpaired) electrons. The molecule has 5 rings (SSSR count). The predicted molar refractivity (Wildman–Crippen MR) is 136 cm³/mol. The summed E-state index contributed by atoms with van der Waals surface area (Å²) < 4.78 is 28.3. The van der Waals surface area contributed by atoms with Gasteiger partial charge in [0.05, 0.1) is 4.92 Å². The lowest BCUT2D eigenvalue weighted by Gasteiger charge is -2.39. The number of halogens is 2. The topological polar surface area (TPSA) is 58.4 Å². The largest absolute Gasteiger partial charge is 0.353 e. The minimum absolute atomic E-state index is 0.0438. The van der Waals surface area contributed by atoms with Crippen LogP contribution in [0.15, 0.2) is 72.7 Å². The van der Waals surface area contributed by atoms with Gasteiger partial charge in [0, 0.05) is 24.7 Å². The first-order valence-corrected chi connectivity index (χ1v) is 12.4. The molecule has 0 aromatic heterocycles. The average molecular weight is 490 g/mol. The second-order valence-corrected chi connectivity index (χ2v) is 9.80. The molecule has 1 atom stereocenters. The van der Waals surface area contributed by atoms with Crippen LogP contribution < -0.4 is 5.32 Å². The van der Waals surface area contributed by atoms with Gasteiger partial charge < -0.3 is 10.2 Å². The Morgan fingerprint density at radius 1 is 1.00 bits per heavy atom. The van der Waals surface area contributed by atoms with Gasteiger partial charge in [-0.05, 0) is 97.2 Å². The summed E-state index contributed by atoms with van der Waals surface area (Å²) in [5.41, 5.74) is 5.93. The molecule has 1 saturated heterocycles. The Morgan fingerprint density at radius 3 is 2.19 bits per heavy atom. The molecule has 0 saturated carbocycles. The number of hydrogen-bond donors (Lipinski definition) is 1. The zero-order chi connectivity index (χ0) is 25.2. The van der Waals surface area contributed by atoms with Gasteiger partial charge in [-0.2, -0.15) is 0 Å². The molecular weight excluding hydrogens is 460 g/mol. The zero-order valence-corrected chi connectivity index (χ0v) is 20.2. The summed E-state index contributed by atoms with van der Waals surface area (Å²) in [5.74, 6) is -0.0133. The number of fused-ring (bicyclic) bond motifs is 2. The lowest BCUT2D eigenvalue weighted by Crippen LogP contribution is -2.40. The molecular formula is C29H29F2N3O2. The Balaban J connectivity index is 1.50. The third kappa shape index (κ3) is 5.10. The molecule has 0 amide bonds. The summed E-state index contributed by atoms with van der Waals surface area (Å²) >= 11 is 0. The van der Waals surface area contributed by atoms with E-state index in [2.05, 4.69) is 5.32 Å². The Bertz CT molecular complexity index is 1250. The van der Waals surface area contributed by atoms with Gasteiger partial charge in [0.15, 0.2) is 5.82 Å². The second-order valence-electron chi connectivity index (χ2n) is 9.80. The van der Waals surface area contributed by atoms with Crippen molar-refractivity contribution in [1.82, 2.24) is 4.90 Å². The van der Waals surface area contributed by atoms with E-state index < -0.39 is 4.92 Å². The fourth-order valence-corrected chi connectivity index (χ4v) is 5.71. The van der Waals surface area contributed by atoms with Crippen LogP contribution in [0.4, 0.5) is 14.5 Å². The lowest BCUT2D eigenvalue weighted by atomic mass is 9.75. The number of nitro groups is 1. The molecule has 1 aliphatic heterocycles. The van der Waals surface area contributed by atoms with Crippen LogP contribution in [0.2, 0.25) is 0 Å². The van der Waals surface area contributed by atoms with Gasteiger partial charge in [-0.1, -0.05) is 29.8 Å². The normalized spacial score (nSPS) is 18.2. The number of nitrogens with one attached hydrogen (secondary N) is 1. The first-order chi connectivity index (χ1) is 17.4. The van der Waals surface area contributed by atoms with Crippen molar-refractivity contribution < 1.29 is 13.7 Å². The van der Waals surface area contributed by atoms with Crippen molar-refractivity contribution in [2.24, 2.45) is 5.92 Å². The maximum Gasteiger partial charge on any atom is 0.274 e. The highest BCUT2D eigenvalue weighted by atomic mass is 19.1. The molecule has 1 heterocycles. The molecule has 36 heavy (non-hydrogen) atoms. The molecule has 1 aliphatic carbocycles. The van der Waals surface area contributed by atoms with Crippen molar-refractivity contribution in [2.75, 3.05) is 18.4 Å². The Hall–Kier alpha value is -3.74. The molecule has 1 N–H and O–H groups in total. The molecule has 1 fully saturated rings. The van der Waals surface area contributed by atoms with Crippen LogP contribution in [0.1, 0.15) is 46.6 Å². The molecule has 0 bridgehead atoms. The van der Waals surface area contributed by atoms with Crippen molar-refractivity contribution in [2.45, 2.75) is 38.5 Å². The number of rotatable bonds is 5. The third-order valence-corrected chi connectivity index (χ3v) is 7.37. The number of hydrogen-bond acceptors (Lipinski definition) is 4. The summed E-state index contributed by atoms with van der Waals surface area (Å²) in [5, 5.41) is 14.8. The van der Waals surface area contributed by atoms with Gasteiger partial charge in [-0.25, -0.2) is 8.78 Å². The zero-order valence-electron chi connectivity index (χ0n) is 20.2. The van der Waals surface area contributed by atoms with Crippen molar-refractivity contribution in [3.8, 4) is 0 Å². The fraction of sp³-hybridized carbons (Fsp3) is 0.310. The van der Waals surface area contributed by atoms with Crippen molar-refractivity contribution >= 4 is 5.69 Å². The van der Waals surface area contributed by atoms with E-state index in [9.17, 15) is 18.9 Å². The van der Waals surface area contributed by atoms with E-state index in [0.717, 1.165) is 52.5 Å². The summed E-state index contributed by atoms with van der Waals surface area (Å²) in [7, 11) is 0. The summed E-state index contributed by atoms with van der Waals surface area (Å²) in [6.45, 7) is 3.28. The molecule has 3 aromatic carbocycles. The lowest BCUT2D eigenvalue weighted by molar-refractivity contribution is -0.404. The van der Waals surface area contributed by atoms with Crippen LogP contribution in [0.3, 0.4) is 0 Å². The van der Waals surface area contributed by atoms with Gasteiger partial charge in [0.25, 0.3) is 6.20 Å². The van der Waals surface area contributed by atoms with Crippen LogP contribution in [0.25, 0.3) is 0 Å². The smallest absolute Gasteiger partial charge is 0.274 e. The third-order valence-electron chi connectivity index (χ3n) is 7.37. The highest BCUT2D eigenvalue weighted by molar-refractivity contribution is 5.49. The van der Waals surface area contributed by atoms with Gasteiger partial charge in [-0.15, -0.1) is 0 Å². The van der Waals surface area contributed by atoms with Gasteiger partial charge in [0.2, 0.25) is 0 Å². The second kappa shape index (κ2) is 10.1. The number of benzene rings is 3. The number of anilines is 1. The molecule has 186 valence electrons. The van der Waals surface area contributed by atoms with E-state index in [4.69, 9.17) is 0 Å². The molecule has 0 spiro atoms. The highest BCUT2D eigenvalue weighted by Gasteiger charge is 2.35. The van der Waals surface area contributed by atoms with Gasteiger partial charge in [0.1, 0.15) is 11.6 Å². The molecule has 3 aromatic rings. The van der Waals surface area contributed by atoms with E-state index in [1.54, 1.807) is 12.1 Å². The van der Waals surface area contributed by atoms with Crippen LogP contribution in [0.5, 0.6) is 0 Å². The Kier molecular flexibility index (Phi) is 6.72. The van der Waals surface area contributed by atoms with Gasteiger partial charge >= 0.3 is 0 Å². The highest BCUT2D eigenvalue weighted by Crippen LogP contribution is 2.43. The number of aryl methyl sites for hydroxylation is 3. The van der Waals surface area contributed by atoms with Crippen LogP contribution in [-0.2, 0) is 12.8 Å². The van der Waals surface area contributed by atoms with Crippen LogP contribution in [-0.4, -0.2) is 22.9 Å². The summed E-state index contributed by atoms with van der Waals surface area (Å²) in [4.78, 5) is 13.1. The Labute approximate surface area is 209 Å².